The van der Waals surface area contributed by atoms with Gasteiger partial charge in [-0.05, 0) is 86.9 Å². The second-order valence-corrected chi connectivity index (χ2v) is 13.7. The predicted octanol–water partition coefficient (Wildman–Crippen LogP) is 13.5. The molecule has 0 radical (unpaired) electrons. The van der Waals surface area contributed by atoms with Gasteiger partial charge in [0.1, 0.15) is 0 Å². The molecule has 0 saturated heterocycles. The van der Waals surface area contributed by atoms with Crippen LogP contribution in [0.3, 0.4) is 0 Å². The summed E-state index contributed by atoms with van der Waals surface area (Å²) in [6.45, 7) is 0. The number of fused-ring (bicyclic) bond motifs is 9. The molecule has 0 atom stereocenters. The molecule has 0 bridgehead atoms. The standard InChI is InChI=1S/C50H32N2/c1-2-12-33(13-3-1)34-22-26-38(27-23-34)51-46-20-10-9-19-43(46)45-30-35(25-29-48(45)51)36-24-28-44-42-18-8-11-21-47(42)52(49(44)31-36)50-32-37-14-4-5-15-39(37)40-16-6-7-17-41(40)50/h1-32H. The number of hydrogen-bond acceptors (Lipinski definition) is 0. The van der Waals surface area contributed by atoms with Gasteiger partial charge in [0, 0.05) is 32.6 Å². The summed E-state index contributed by atoms with van der Waals surface area (Å²) in [5, 5.41) is 10.1. The fraction of sp³-hybridized carbons (Fsp3) is 0. The maximum Gasteiger partial charge on any atom is 0.0547 e. The lowest BCUT2D eigenvalue weighted by Gasteiger charge is -2.15. The Balaban J connectivity index is 1.11. The van der Waals surface area contributed by atoms with Gasteiger partial charge in [0.2, 0.25) is 0 Å². The van der Waals surface area contributed by atoms with Crippen molar-refractivity contribution in [1.82, 2.24) is 9.13 Å². The van der Waals surface area contributed by atoms with E-state index in [1.165, 1.54) is 93.1 Å². The van der Waals surface area contributed by atoms with E-state index in [0.717, 1.165) is 5.69 Å². The van der Waals surface area contributed by atoms with Gasteiger partial charge >= 0.3 is 0 Å². The molecule has 2 heteroatoms. The maximum absolute atomic E-state index is 2.48. The van der Waals surface area contributed by atoms with Gasteiger partial charge in [-0.25, -0.2) is 0 Å². The largest absolute Gasteiger partial charge is 0.309 e. The topological polar surface area (TPSA) is 9.86 Å². The first kappa shape index (κ1) is 28.9. The number of benzene rings is 9. The Labute approximate surface area is 301 Å². The van der Waals surface area contributed by atoms with Crippen LogP contribution < -0.4 is 0 Å². The van der Waals surface area contributed by atoms with Crippen LogP contribution in [0.15, 0.2) is 194 Å². The molecule has 242 valence electrons. The lowest BCUT2D eigenvalue weighted by atomic mass is 9.99. The van der Waals surface area contributed by atoms with E-state index in [0.29, 0.717) is 0 Å². The van der Waals surface area contributed by atoms with Crippen LogP contribution in [0.5, 0.6) is 0 Å². The molecule has 11 rings (SSSR count). The second kappa shape index (κ2) is 11.3. The molecule has 0 spiro atoms. The van der Waals surface area contributed by atoms with E-state index in [4.69, 9.17) is 0 Å². The third-order valence-corrected chi connectivity index (χ3v) is 10.9. The highest BCUT2D eigenvalue weighted by atomic mass is 15.0. The number of aromatic nitrogens is 2. The summed E-state index contributed by atoms with van der Waals surface area (Å²) < 4.78 is 4.88. The number of nitrogens with zero attached hydrogens (tertiary/aromatic N) is 2. The van der Waals surface area contributed by atoms with Crippen molar-refractivity contribution in [2.75, 3.05) is 0 Å². The number of rotatable bonds is 4. The smallest absolute Gasteiger partial charge is 0.0547 e. The quantitative estimate of drug-likeness (QED) is 0.166. The lowest BCUT2D eigenvalue weighted by molar-refractivity contribution is 1.18. The summed E-state index contributed by atoms with van der Waals surface area (Å²) in [5.41, 5.74) is 12.1. The molecule has 52 heavy (non-hydrogen) atoms. The SMILES string of the molecule is c1ccc(-c2ccc(-n3c4ccccc4c4cc(-c5ccc6c7ccccc7n(-c7cc8ccccc8c8ccccc78)c6c5)ccc43)cc2)cc1. The molecule has 0 aliphatic heterocycles. The van der Waals surface area contributed by atoms with Crippen LogP contribution in [0.1, 0.15) is 0 Å². The summed E-state index contributed by atoms with van der Waals surface area (Å²) in [7, 11) is 0. The third kappa shape index (κ3) is 4.31. The van der Waals surface area contributed by atoms with Gasteiger partial charge in [-0.15, -0.1) is 0 Å². The van der Waals surface area contributed by atoms with Gasteiger partial charge in [0.05, 0.1) is 27.8 Å². The van der Waals surface area contributed by atoms with Gasteiger partial charge in [0.25, 0.3) is 0 Å². The van der Waals surface area contributed by atoms with Gasteiger partial charge in [0.15, 0.2) is 0 Å². The van der Waals surface area contributed by atoms with Crippen molar-refractivity contribution in [2.24, 2.45) is 0 Å². The van der Waals surface area contributed by atoms with E-state index in [-0.39, 0.29) is 0 Å². The lowest BCUT2D eigenvalue weighted by Crippen LogP contribution is -1.96. The van der Waals surface area contributed by atoms with Crippen molar-refractivity contribution >= 4 is 65.2 Å². The molecule has 9 aromatic carbocycles. The monoisotopic (exact) mass is 660 g/mol. The van der Waals surface area contributed by atoms with Crippen molar-refractivity contribution in [2.45, 2.75) is 0 Å². The number of para-hydroxylation sites is 2. The highest BCUT2D eigenvalue weighted by Gasteiger charge is 2.18. The van der Waals surface area contributed by atoms with Gasteiger partial charge in [-0.3, -0.25) is 0 Å². The number of hydrogen-bond donors (Lipinski definition) is 0. The van der Waals surface area contributed by atoms with Gasteiger partial charge < -0.3 is 9.13 Å². The highest BCUT2D eigenvalue weighted by molar-refractivity contribution is 6.16. The fourth-order valence-corrected chi connectivity index (χ4v) is 8.49. The minimum atomic E-state index is 1.16. The first-order chi connectivity index (χ1) is 25.8. The average Bonchev–Trinajstić information content (AvgIpc) is 3.73. The van der Waals surface area contributed by atoms with Gasteiger partial charge in [-0.2, -0.15) is 0 Å². The molecule has 0 aliphatic carbocycles. The summed E-state index contributed by atoms with van der Waals surface area (Å²) >= 11 is 0. The summed E-state index contributed by atoms with van der Waals surface area (Å²) in [6.07, 6.45) is 0. The van der Waals surface area contributed by atoms with Crippen LogP contribution >= 0.6 is 0 Å². The van der Waals surface area contributed by atoms with Crippen LogP contribution in [0, 0.1) is 0 Å². The Morgan fingerprint density at radius 1 is 0.250 bits per heavy atom. The molecule has 0 saturated carbocycles. The van der Waals surface area contributed by atoms with E-state index in [2.05, 4.69) is 203 Å². The summed E-state index contributed by atoms with van der Waals surface area (Å²) in [5.74, 6) is 0. The van der Waals surface area contributed by atoms with E-state index in [1.54, 1.807) is 0 Å². The summed E-state index contributed by atoms with van der Waals surface area (Å²) in [6, 6.07) is 71.0. The zero-order valence-corrected chi connectivity index (χ0v) is 28.4. The zero-order valence-electron chi connectivity index (χ0n) is 28.4. The molecular formula is C50H32N2. The van der Waals surface area contributed by atoms with Crippen LogP contribution in [-0.2, 0) is 0 Å². The third-order valence-electron chi connectivity index (χ3n) is 10.9. The normalized spacial score (nSPS) is 11.8. The molecule has 2 aromatic heterocycles. The molecule has 11 aromatic rings. The Bertz CT molecular complexity index is 3160. The zero-order chi connectivity index (χ0) is 34.2. The first-order valence-corrected chi connectivity index (χ1v) is 17.9. The molecular weight excluding hydrogens is 629 g/mol. The van der Waals surface area contributed by atoms with Crippen molar-refractivity contribution in [3.8, 4) is 33.6 Å². The van der Waals surface area contributed by atoms with Crippen LogP contribution in [0.2, 0.25) is 0 Å². The minimum Gasteiger partial charge on any atom is -0.309 e. The molecule has 0 fully saturated rings. The molecule has 0 N–H and O–H groups in total. The predicted molar refractivity (Wildman–Crippen MR) is 221 cm³/mol. The molecule has 0 unspecified atom stereocenters. The minimum absolute atomic E-state index is 1.16. The van der Waals surface area contributed by atoms with Gasteiger partial charge in [-0.1, -0.05) is 146 Å². The Morgan fingerprint density at radius 3 is 1.56 bits per heavy atom. The maximum atomic E-state index is 2.48. The second-order valence-electron chi connectivity index (χ2n) is 13.7. The summed E-state index contributed by atoms with van der Waals surface area (Å²) in [4.78, 5) is 0. The van der Waals surface area contributed by atoms with Crippen LogP contribution in [0.25, 0.3) is 98.8 Å². The van der Waals surface area contributed by atoms with Crippen molar-refractivity contribution in [3.05, 3.63) is 194 Å². The van der Waals surface area contributed by atoms with E-state index >= 15 is 0 Å². The van der Waals surface area contributed by atoms with Crippen molar-refractivity contribution < 1.29 is 0 Å². The Morgan fingerprint density at radius 2 is 0.769 bits per heavy atom. The Hall–Kier alpha value is -6.90. The molecule has 2 heterocycles. The fourth-order valence-electron chi connectivity index (χ4n) is 8.49. The average molecular weight is 661 g/mol. The van der Waals surface area contributed by atoms with E-state index < -0.39 is 0 Å². The van der Waals surface area contributed by atoms with Crippen molar-refractivity contribution in [1.29, 1.82) is 0 Å². The molecule has 0 amide bonds. The van der Waals surface area contributed by atoms with E-state index in [9.17, 15) is 0 Å². The molecule has 2 nitrogen and oxygen atoms in total. The first-order valence-electron chi connectivity index (χ1n) is 17.9. The van der Waals surface area contributed by atoms with Crippen molar-refractivity contribution in [3.63, 3.8) is 0 Å². The van der Waals surface area contributed by atoms with Crippen LogP contribution in [-0.4, -0.2) is 9.13 Å². The Kier molecular flexibility index (Phi) is 6.28. The van der Waals surface area contributed by atoms with Crippen LogP contribution in [0.4, 0.5) is 0 Å². The highest BCUT2D eigenvalue weighted by Crippen LogP contribution is 2.40. The van der Waals surface area contributed by atoms with E-state index in [1.807, 2.05) is 0 Å². The molecule has 0 aliphatic rings.